The molecule has 0 aliphatic heterocycles. The first kappa shape index (κ1) is 18.4. The Balaban J connectivity index is 1.74. The van der Waals surface area contributed by atoms with E-state index in [1.54, 1.807) is 48.8 Å². The number of alkyl halides is 2. The first-order valence-electron chi connectivity index (χ1n) is 7.66. The van der Waals surface area contributed by atoms with Crippen LogP contribution < -0.4 is 10.6 Å². The number of amides is 2. The summed E-state index contributed by atoms with van der Waals surface area (Å²) in [5.74, 6) is -5.11. The number of carbonyl (C=O) groups excluding carboxylic acids is 2. The van der Waals surface area contributed by atoms with E-state index in [1.165, 1.54) is 0 Å². The van der Waals surface area contributed by atoms with Crippen LogP contribution in [-0.4, -0.2) is 27.7 Å². The van der Waals surface area contributed by atoms with Crippen LogP contribution in [0.3, 0.4) is 0 Å². The highest BCUT2D eigenvalue weighted by atomic mass is 19.3. The molecule has 0 saturated carbocycles. The van der Waals surface area contributed by atoms with Crippen molar-refractivity contribution in [2.75, 3.05) is 0 Å². The van der Waals surface area contributed by atoms with Crippen molar-refractivity contribution in [3.05, 3.63) is 60.2 Å². The fraction of sp³-hybridized carbons (Fsp3) is 0.294. The van der Waals surface area contributed by atoms with Crippen LogP contribution in [0.15, 0.2) is 48.8 Å². The third kappa shape index (κ3) is 7.03. The summed E-state index contributed by atoms with van der Waals surface area (Å²) in [6.07, 6.45) is 0.970. The van der Waals surface area contributed by atoms with Gasteiger partial charge in [-0.1, -0.05) is 12.1 Å². The molecule has 0 aliphatic carbocycles. The average Bonchev–Trinajstić information content (AvgIpc) is 2.59. The molecule has 0 aromatic carbocycles. The van der Waals surface area contributed by atoms with Crippen LogP contribution in [-0.2, 0) is 22.7 Å². The van der Waals surface area contributed by atoms with Crippen molar-refractivity contribution in [1.29, 1.82) is 0 Å². The molecule has 0 aliphatic rings. The zero-order valence-electron chi connectivity index (χ0n) is 13.4. The molecule has 2 aromatic heterocycles. The van der Waals surface area contributed by atoms with Crippen molar-refractivity contribution in [3.8, 4) is 0 Å². The summed E-state index contributed by atoms with van der Waals surface area (Å²) in [6.45, 7) is 0.114. The van der Waals surface area contributed by atoms with Crippen LogP contribution >= 0.6 is 0 Å². The lowest BCUT2D eigenvalue weighted by atomic mass is 10.1. The van der Waals surface area contributed by atoms with Crippen LogP contribution in [0.25, 0.3) is 0 Å². The topological polar surface area (TPSA) is 84.0 Å². The number of hydrogen-bond donors (Lipinski definition) is 2. The minimum atomic E-state index is -3.43. The van der Waals surface area contributed by atoms with E-state index < -0.39 is 30.6 Å². The van der Waals surface area contributed by atoms with Gasteiger partial charge in [0.25, 0.3) is 5.92 Å². The largest absolute Gasteiger partial charge is 0.350 e. The summed E-state index contributed by atoms with van der Waals surface area (Å²) in [5, 5.41) is 4.73. The van der Waals surface area contributed by atoms with E-state index >= 15 is 0 Å². The molecule has 2 aromatic rings. The molecular formula is C17H18F2N4O2. The zero-order valence-corrected chi connectivity index (χ0v) is 13.4. The minimum absolute atomic E-state index is 0.0572. The maximum atomic E-state index is 13.8. The van der Waals surface area contributed by atoms with Gasteiger partial charge in [0.15, 0.2) is 0 Å². The number of carbonyl (C=O) groups is 2. The third-order valence-electron chi connectivity index (χ3n) is 3.22. The highest BCUT2D eigenvalue weighted by Crippen LogP contribution is 2.22. The second-order valence-electron chi connectivity index (χ2n) is 5.41. The summed E-state index contributed by atoms with van der Waals surface area (Å²) >= 11 is 0. The second kappa shape index (κ2) is 8.81. The van der Waals surface area contributed by atoms with Gasteiger partial charge in [-0.05, 0) is 24.3 Å². The Kier molecular flexibility index (Phi) is 6.50. The van der Waals surface area contributed by atoms with Crippen molar-refractivity contribution in [2.24, 2.45) is 0 Å². The van der Waals surface area contributed by atoms with Gasteiger partial charge >= 0.3 is 0 Å². The summed E-state index contributed by atoms with van der Waals surface area (Å²) in [6, 6.07) is 10.2. The maximum absolute atomic E-state index is 13.8. The first-order chi connectivity index (χ1) is 11.9. The van der Waals surface area contributed by atoms with Crippen molar-refractivity contribution in [3.63, 3.8) is 0 Å². The molecule has 8 heteroatoms. The first-order valence-corrected chi connectivity index (χ1v) is 7.66. The minimum Gasteiger partial charge on any atom is -0.350 e. The SMILES string of the molecule is O=C(CC(F)(F)CC(=O)NCc1ccccn1)NCc1ccccn1. The standard InChI is InChI=1S/C17H18F2N4O2/c18-17(19,9-15(24)22-11-13-5-1-3-7-20-13)10-16(25)23-12-14-6-2-4-8-21-14/h1-8H,9-12H2,(H,22,24)(H,23,25). The monoisotopic (exact) mass is 348 g/mol. The van der Waals surface area contributed by atoms with Crippen molar-refractivity contribution in [2.45, 2.75) is 31.9 Å². The predicted octanol–water partition coefficient (Wildman–Crippen LogP) is 1.82. The molecule has 0 fully saturated rings. The Hall–Kier alpha value is -2.90. The third-order valence-corrected chi connectivity index (χ3v) is 3.22. The summed E-state index contributed by atoms with van der Waals surface area (Å²) in [5.41, 5.74) is 1.12. The van der Waals surface area contributed by atoms with E-state index in [2.05, 4.69) is 20.6 Å². The summed E-state index contributed by atoms with van der Waals surface area (Å²) < 4.78 is 27.6. The Morgan fingerprint density at radius 1 is 0.840 bits per heavy atom. The molecule has 132 valence electrons. The van der Waals surface area contributed by atoms with E-state index in [-0.39, 0.29) is 13.1 Å². The smallest absolute Gasteiger partial charge is 0.265 e. The molecule has 2 amide bonds. The summed E-state index contributed by atoms with van der Waals surface area (Å²) in [4.78, 5) is 31.2. The fourth-order valence-corrected chi connectivity index (χ4v) is 2.04. The molecule has 0 spiro atoms. The zero-order chi connectivity index (χ0) is 18.1. The van der Waals surface area contributed by atoms with E-state index in [0.29, 0.717) is 11.4 Å². The molecule has 0 saturated heterocycles. The number of pyridine rings is 2. The van der Waals surface area contributed by atoms with E-state index in [4.69, 9.17) is 0 Å². The molecule has 6 nitrogen and oxygen atoms in total. The van der Waals surface area contributed by atoms with Crippen LogP contribution in [0, 0.1) is 0 Å². The molecule has 0 radical (unpaired) electrons. The second-order valence-corrected chi connectivity index (χ2v) is 5.41. The molecule has 25 heavy (non-hydrogen) atoms. The quantitative estimate of drug-likeness (QED) is 0.762. The Morgan fingerprint density at radius 2 is 1.28 bits per heavy atom. The molecular weight excluding hydrogens is 330 g/mol. The number of nitrogens with zero attached hydrogens (tertiary/aromatic N) is 2. The molecule has 2 heterocycles. The fourth-order valence-electron chi connectivity index (χ4n) is 2.04. The Labute approximate surface area is 143 Å². The average molecular weight is 348 g/mol. The van der Waals surface area contributed by atoms with Gasteiger partial charge in [0.2, 0.25) is 11.8 Å². The van der Waals surface area contributed by atoms with Gasteiger partial charge in [0.05, 0.1) is 37.3 Å². The number of hydrogen-bond acceptors (Lipinski definition) is 4. The van der Waals surface area contributed by atoms with Gasteiger partial charge in [-0.15, -0.1) is 0 Å². The van der Waals surface area contributed by atoms with Gasteiger partial charge in [0.1, 0.15) is 0 Å². The van der Waals surface area contributed by atoms with E-state index in [9.17, 15) is 18.4 Å². The van der Waals surface area contributed by atoms with E-state index in [1.807, 2.05) is 0 Å². The van der Waals surface area contributed by atoms with Crippen molar-refractivity contribution in [1.82, 2.24) is 20.6 Å². The highest BCUT2D eigenvalue weighted by Gasteiger charge is 2.35. The Morgan fingerprint density at radius 3 is 1.64 bits per heavy atom. The number of halogens is 2. The Bertz CT molecular complexity index is 637. The van der Waals surface area contributed by atoms with Crippen LogP contribution in [0.2, 0.25) is 0 Å². The lowest BCUT2D eigenvalue weighted by Crippen LogP contribution is -2.35. The van der Waals surface area contributed by atoms with Crippen LogP contribution in [0.4, 0.5) is 8.78 Å². The van der Waals surface area contributed by atoms with Gasteiger partial charge < -0.3 is 10.6 Å². The van der Waals surface area contributed by atoms with E-state index in [0.717, 1.165) is 0 Å². The van der Waals surface area contributed by atoms with Crippen LogP contribution in [0.1, 0.15) is 24.2 Å². The number of aromatic nitrogens is 2. The number of nitrogens with one attached hydrogen (secondary N) is 2. The lowest BCUT2D eigenvalue weighted by Gasteiger charge is -2.15. The highest BCUT2D eigenvalue weighted by molar-refractivity contribution is 5.80. The van der Waals surface area contributed by atoms with Crippen molar-refractivity contribution < 1.29 is 18.4 Å². The normalized spacial score (nSPS) is 11.0. The summed E-state index contributed by atoms with van der Waals surface area (Å²) in [7, 11) is 0. The van der Waals surface area contributed by atoms with Gasteiger partial charge in [-0.2, -0.15) is 0 Å². The molecule has 0 unspecified atom stereocenters. The predicted molar refractivity (Wildman–Crippen MR) is 86.3 cm³/mol. The molecule has 2 rings (SSSR count). The van der Waals surface area contributed by atoms with Gasteiger partial charge in [-0.25, -0.2) is 8.78 Å². The molecule has 0 atom stereocenters. The lowest BCUT2D eigenvalue weighted by molar-refractivity contribution is -0.135. The van der Waals surface area contributed by atoms with Crippen molar-refractivity contribution >= 4 is 11.8 Å². The van der Waals surface area contributed by atoms with Gasteiger partial charge in [0, 0.05) is 12.4 Å². The van der Waals surface area contributed by atoms with Crippen LogP contribution in [0.5, 0.6) is 0 Å². The molecule has 2 N–H and O–H groups in total. The van der Waals surface area contributed by atoms with Gasteiger partial charge in [-0.3, -0.25) is 19.6 Å². The molecule has 0 bridgehead atoms. The maximum Gasteiger partial charge on any atom is 0.265 e. The number of rotatable bonds is 8.